The highest BCUT2D eigenvalue weighted by Crippen LogP contribution is 2.29. The maximum Gasteiger partial charge on any atom is 0.261 e. The Hall–Kier alpha value is -2.09. The van der Waals surface area contributed by atoms with E-state index in [1.807, 2.05) is 30.3 Å². The molecule has 0 bridgehead atoms. The molecule has 0 aromatic heterocycles. The van der Waals surface area contributed by atoms with E-state index in [0.717, 1.165) is 5.56 Å². The number of benzene rings is 3. The zero-order valence-corrected chi connectivity index (χ0v) is 18.9. The van der Waals surface area contributed by atoms with Gasteiger partial charge in [-0.3, -0.25) is 9.71 Å². The minimum atomic E-state index is -3.95. The monoisotopic (exact) mass is 482 g/mol. The number of aliphatic imine (C=N–C) groups is 1. The van der Waals surface area contributed by atoms with Gasteiger partial charge in [-0.2, -0.15) is 0 Å². The maximum absolute atomic E-state index is 13.0. The van der Waals surface area contributed by atoms with Crippen LogP contribution in [-0.4, -0.2) is 28.0 Å². The second-order valence-corrected chi connectivity index (χ2v) is 9.10. The highest BCUT2D eigenvalue weighted by molar-refractivity contribution is 7.92. The van der Waals surface area contributed by atoms with Gasteiger partial charge < -0.3 is 4.74 Å². The van der Waals surface area contributed by atoms with E-state index >= 15 is 0 Å². The van der Waals surface area contributed by atoms with Crippen LogP contribution in [0.3, 0.4) is 0 Å². The number of ether oxygens (including phenoxy) is 1. The van der Waals surface area contributed by atoms with Gasteiger partial charge in [0, 0.05) is 23.3 Å². The van der Waals surface area contributed by atoms with E-state index in [1.54, 1.807) is 18.2 Å². The average Bonchev–Trinajstić information content (AvgIpc) is 2.72. The quantitative estimate of drug-likeness (QED) is 0.426. The summed E-state index contributed by atoms with van der Waals surface area (Å²) in [4.78, 5) is 4.45. The molecule has 0 amide bonds. The van der Waals surface area contributed by atoms with E-state index in [1.165, 1.54) is 25.3 Å². The van der Waals surface area contributed by atoms with Gasteiger partial charge in [0.1, 0.15) is 6.73 Å². The van der Waals surface area contributed by atoms with Gasteiger partial charge in [0.2, 0.25) is 0 Å². The predicted octanol–water partition coefficient (Wildman–Crippen LogP) is 5.89. The molecule has 0 saturated heterocycles. The molecule has 1 N–H and O–H groups in total. The van der Waals surface area contributed by atoms with Crippen molar-refractivity contribution < 1.29 is 13.2 Å². The Bertz CT molecular complexity index is 1180. The molecule has 0 spiro atoms. The average molecular weight is 484 g/mol. The van der Waals surface area contributed by atoms with Crippen LogP contribution in [0.25, 0.3) is 0 Å². The van der Waals surface area contributed by atoms with E-state index in [9.17, 15) is 8.42 Å². The zero-order chi connectivity index (χ0) is 21.7. The molecular formula is C21H17Cl3N2O3S. The lowest BCUT2D eigenvalue weighted by molar-refractivity contribution is 0.209. The molecular weight excluding hydrogens is 467 g/mol. The Kier molecular flexibility index (Phi) is 7.39. The molecule has 9 heteroatoms. The molecule has 0 radical (unpaired) electrons. The normalized spacial score (nSPS) is 12.1. The zero-order valence-electron chi connectivity index (χ0n) is 15.8. The number of hydrogen-bond donors (Lipinski definition) is 1. The summed E-state index contributed by atoms with van der Waals surface area (Å²) in [6.07, 6.45) is 0. The van der Waals surface area contributed by atoms with Crippen LogP contribution in [0.15, 0.2) is 76.6 Å². The number of rotatable bonds is 7. The van der Waals surface area contributed by atoms with Crippen LogP contribution >= 0.6 is 34.8 Å². The highest BCUT2D eigenvalue weighted by Gasteiger charge is 2.20. The fourth-order valence-corrected chi connectivity index (χ4v) is 4.35. The van der Waals surface area contributed by atoms with Crippen LogP contribution in [0.1, 0.15) is 11.1 Å². The van der Waals surface area contributed by atoms with Crippen molar-refractivity contribution in [3.05, 3.63) is 92.9 Å². The Morgan fingerprint density at radius 2 is 1.70 bits per heavy atom. The standard InChI is InChI=1S/C21H17Cl3N2O3S/c1-29-13-25-21(14-5-3-2-4-6-14)17-11-15(22)7-10-20(17)26-30(27,28)16-8-9-18(23)19(24)12-16/h2-12,26H,13H2,1H3/b25-21+. The minimum absolute atomic E-state index is 0.0205. The van der Waals surface area contributed by atoms with E-state index in [-0.39, 0.29) is 21.7 Å². The predicted molar refractivity (Wildman–Crippen MR) is 123 cm³/mol. The second kappa shape index (κ2) is 9.81. The van der Waals surface area contributed by atoms with Gasteiger partial charge in [-0.1, -0.05) is 65.1 Å². The summed E-state index contributed by atoms with van der Waals surface area (Å²) in [5, 5.41) is 0.840. The van der Waals surface area contributed by atoms with Crippen LogP contribution in [0.2, 0.25) is 15.1 Å². The summed E-state index contributed by atoms with van der Waals surface area (Å²) >= 11 is 18.1. The van der Waals surface area contributed by atoms with Gasteiger partial charge in [0.15, 0.2) is 0 Å². The van der Waals surface area contributed by atoms with Crippen molar-refractivity contribution in [2.45, 2.75) is 4.90 Å². The summed E-state index contributed by atoms with van der Waals surface area (Å²) < 4.78 is 33.6. The van der Waals surface area contributed by atoms with Crippen molar-refractivity contribution in [2.24, 2.45) is 4.99 Å². The van der Waals surface area contributed by atoms with Crippen molar-refractivity contribution in [2.75, 3.05) is 18.6 Å². The number of nitrogens with zero attached hydrogens (tertiary/aromatic N) is 1. The SMILES string of the molecule is COC/N=C(\c1ccccc1)c1cc(Cl)ccc1NS(=O)(=O)c1ccc(Cl)c(Cl)c1. The van der Waals surface area contributed by atoms with Gasteiger partial charge in [0.25, 0.3) is 10.0 Å². The van der Waals surface area contributed by atoms with Crippen molar-refractivity contribution in [1.82, 2.24) is 0 Å². The summed E-state index contributed by atoms with van der Waals surface area (Å²) in [5.41, 5.74) is 2.14. The Balaban J connectivity index is 2.09. The maximum atomic E-state index is 13.0. The first-order chi connectivity index (χ1) is 14.3. The molecule has 0 fully saturated rings. The molecule has 5 nitrogen and oxygen atoms in total. The highest BCUT2D eigenvalue weighted by atomic mass is 35.5. The van der Waals surface area contributed by atoms with E-state index < -0.39 is 10.0 Å². The lowest BCUT2D eigenvalue weighted by atomic mass is 10.0. The Morgan fingerprint density at radius 1 is 0.967 bits per heavy atom. The third kappa shape index (κ3) is 5.33. The van der Waals surface area contributed by atoms with E-state index in [2.05, 4.69) is 9.71 Å². The van der Waals surface area contributed by atoms with Gasteiger partial charge in [0.05, 0.1) is 26.3 Å². The number of methoxy groups -OCH3 is 1. The van der Waals surface area contributed by atoms with Crippen LogP contribution in [-0.2, 0) is 14.8 Å². The Morgan fingerprint density at radius 3 is 2.37 bits per heavy atom. The first-order valence-electron chi connectivity index (χ1n) is 8.68. The number of nitrogens with one attached hydrogen (secondary N) is 1. The van der Waals surface area contributed by atoms with Crippen molar-refractivity contribution in [3.63, 3.8) is 0 Å². The lowest BCUT2D eigenvalue weighted by Gasteiger charge is -2.16. The van der Waals surface area contributed by atoms with Crippen LogP contribution in [0, 0.1) is 0 Å². The fraction of sp³-hybridized carbons (Fsp3) is 0.0952. The van der Waals surface area contributed by atoms with Crippen LogP contribution in [0.5, 0.6) is 0 Å². The molecule has 3 aromatic rings. The number of hydrogen-bond acceptors (Lipinski definition) is 4. The summed E-state index contributed by atoms with van der Waals surface area (Å²) in [6.45, 7) is 0.0930. The van der Waals surface area contributed by atoms with Crippen molar-refractivity contribution in [1.29, 1.82) is 0 Å². The summed E-state index contributed by atoms with van der Waals surface area (Å²) in [6, 6.07) is 18.3. The van der Waals surface area contributed by atoms with E-state index in [0.29, 0.717) is 22.0 Å². The molecule has 156 valence electrons. The third-order valence-corrected chi connectivity index (χ3v) is 6.42. The largest absolute Gasteiger partial charge is 0.363 e. The van der Waals surface area contributed by atoms with Crippen molar-refractivity contribution in [3.8, 4) is 0 Å². The molecule has 3 aromatic carbocycles. The molecule has 0 atom stereocenters. The number of sulfonamides is 1. The van der Waals surface area contributed by atoms with Crippen LogP contribution < -0.4 is 4.72 Å². The molecule has 0 saturated carbocycles. The molecule has 3 rings (SSSR count). The molecule has 0 aliphatic heterocycles. The van der Waals surface area contributed by atoms with E-state index in [4.69, 9.17) is 39.5 Å². The lowest BCUT2D eigenvalue weighted by Crippen LogP contribution is -2.16. The fourth-order valence-electron chi connectivity index (χ4n) is 2.71. The summed E-state index contributed by atoms with van der Waals surface area (Å²) in [7, 11) is -2.42. The van der Waals surface area contributed by atoms with Gasteiger partial charge in [-0.25, -0.2) is 8.42 Å². The topological polar surface area (TPSA) is 67.8 Å². The van der Waals surface area contributed by atoms with Crippen LogP contribution in [0.4, 0.5) is 5.69 Å². The van der Waals surface area contributed by atoms with Gasteiger partial charge >= 0.3 is 0 Å². The second-order valence-electron chi connectivity index (χ2n) is 6.16. The number of halogens is 3. The minimum Gasteiger partial charge on any atom is -0.363 e. The molecule has 0 heterocycles. The molecule has 0 aliphatic rings. The van der Waals surface area contributed by atoms with Gasteiger partial charge in [-0.05, 0) is 36.4 Å². The Labute approximate surface area is 190 Å². The first-order valence-corrected chi connectivity index (χ1v) is 11.3. The third-order valence-electron chi connectivity index (χ3n) is 4.08. The summed E-state index contributed by atoms with van der Waals surface area (Å²) in [5.74, 6) is 0. The number of anilines is 1. The molecule has 0 aliphatic carbocycles. The first kappa shape index (κ1) is 22.6. The smallest absolute Gasteiger partial charge is 0.261 e. The molecule has 30 heavy (non-hydrogen) atoms. The van der Waals surface area contributed by atoms with Crippen molar-refractivity contribution >= 4 is 56.2 Å². The molecule has 0 unspecified atom stereocenters. The van der Waals surface area contributed by atoms with Gasteiger partial charge in [-0.15, -0.1) is 0 Å².